The topological polar surface area (TPSA) is 237 Å². The fraction of sp³-hybridized carbons (Fsp3) is 0.953. The molecule has 19 heteroatoms. The number of phosphoric ester groups is 2. The summed E-state index contributed by atoms with van der Waals surface area (Å²) in [7, 11) is -9.92. The second-order valence-corrected chi connectivity index (χ2v) is 33.8. The molecule has 0 amide bonds. The van der Waals surface area contributed by atoms with Gasteiger partial charge in [-0.25, -0.2) is 9.13 Å². The molecular weight excluding hydrogens is 1370 g/mol. The Kier molecular flexibility index (Phi) is 78.6. The normalized spacial score (nSPS) is 13.7. The van der Waals surface area contributed by atoms with Gasteiger partial charge in [0.2, 0.25) is 0 Å². The molecule has 624 valence electrons. The number of carbonyl (C=O) groups is 4. The first-order chi connectivity index (χ1) is 51.2. The summed E-state index contributed by atoms with van der Waals surface area (Å²) < 4.78 is 68.9. The predicted molar refractivity (Wildman–Crippen MR) is 432 cm³/mol. The lowest BCUT2D eigenvalue weighted by atomic mass is 10.0. The lowest BCUT2D eigenvalue weighted by Crippen LogP contribution is -2.30. The summed E-state index contributed by atoms with van der Waals surface area (Å²) in [5.41, 5.74) is 0. The van der Waals surface area contributed by atoms with Crippen LogP contribution in [0.5, 0.6) is 0 Å². The summed E-state index contributed by atoms with van der Waals surface area (Å²) in [6.45, 7) is 5.05. The Morgan fingerprint density at radius 1 is 0.229 bits per heavy atom. The molecule has 3 N–H and O–H groups in total. The van der Waals surface area contributed by atoms with Crippen LogP contribution in [0.3, 0.4) is 0 Å². The zero-order valence-electron chi connectivity index (χ0n) is 68.7. The standard InChI is InChI=1S/C86H168O17P2/c1-5-9-13-17-21-25-29-32-35-38-40-41-42-44-47-50-53-57-61-65-69-73-86(91)103-82(77-97-84(89)71-67-63-59-55-51-48-46-43-39-36-33-30-26-22-18-14-10-6-2)79-101-105(94,95)99-75-80(87)74-98-104(92,93)100-78-81(76-96-83(88)70-66-62-58-54-28-24-20-16-12-8-4)102-85(90)72-68-64-60-56-52-49-45-37-34-31-27-23-19-15-11-7-3/h80-82,87H,5-79H2,1-4H3,(H,92,93)(H,94,95)/t80-,81+,82+/m0/s1. The van der Waals surface area contributed by atoms with E-state index in [-0.39, 0.29) is 25.7 Å². The van der Waals surface area contributed by atoms with Gasteiger partial charge in [0.05, 0.1) is 26.4 Å². The summed E-state index contributed by atoms with van der Waals surface area (Å²) >= 11 is 0. The molecule has 0 aromatic heterocycles. The monoisotopic (exact) mass is 1540 g/mol. The number of hydrogen-bond donors (Lipinski definition) is 3. The van der Waals surface area contributed by atoms with Gasteiger partial charge < -0.3 is 33.8 Å². The van der Waals surface area contributed by atoms with Gasteiger partial charge in [0.15, 0.2) is 12.2 Å². The zero-order valence-corrected chi connectivity index (χ0v) is 70.5. The zero-order chi connectivity index (χ0) is 76.7. The number of phosphoric acid groups is 2. The van der Waals surface area contributed by atoms with E-state index in [2.05, 4.69) is 27.7 Å². The van der Waals surface area contributed by atoms with Gasteiger partial charge >= 0.3 is 39.5 Å². The molecule has 0 rings (SSSR count). The Morgan fingerprint density at radius 2 is 0.381 bits per heavy atom. The minimum atomic E-state index is -4.96. The van der Waals surface area contributed by atoms with E-state index in [1.807, 2.05) is 0 Å². The van der Waals surface area contributed by atoms with E-state index in [4.69, 9.17) is 37.0 Å². The summed E-state index contributed by atoms with van der Waals surface area (Å²) in [5, 5.41) is 10.7. The Morgan fingerprint density at radius 3 is 0.562 bits per heavy atom. The third-order valence-electron chi connectivity index (χ3n) is 20.4. The van der Waals surface area contributed by atoms with Gasteiger partial charge in [0.1, 0.15) is 19.3 Å². The molecule has 0 heterocycles. The Bertz CT molecular complexity index is 1980. The summed E-state index contributed by atoms with van der Waals surface area (Å²) in [6, 6.07) is 0. The molecule has 0 saturated heterocycles. The van der Waals surface area contributed by atoms with Crippen LogP contribution in [0.2, 0.25) is 0 Å². The summed E-state index contributed by atoms with van der Waals surface area (Å²) in [6.07, 6.45) is 75.0. The molecule has 2 unspecified atom stereocenters. The van der Waals surface area contributed by atoms with Crippen LogP contribution in [0.1, 0.15) is 471 Å². The van der Waals surface area contributed by atoms with Crippen molar-refractivity contribution in [2.24, 2.45) is 0 Å². The molecule has 105 heavy (non-hydrogen) atoms. The molecule has 0 bridgehead atoms. The average Bonchev–Trinajstić information content (AvgIpc) is 0.906. The number of aliphatic hydroxyl groups excluding tert-OH is 1. The second-order valence-electron chi connectivity index (χ2n) is 30.9. The van der Waals surface area contributed by atoms with Crippen LogP contribution in [0.4, 0.5) is 0 Å². The molecule has 0 saturated carbocycles. The Labute approximate surface area is 645 Å². The maximum atomic E-state index is 13.1. The first-order valence-electron chi connectivity index (χ1n) is 44.8. The van der Waals surface area contributed by atoms with Crippen LogP contribution < -0.4 is 0 Å². The highest BCUT2D eigenvalue weighted by molar-refractivity contribution is 7.47. The maximum Gasteiger partial charge on any atom is 0.472 e. The van der Waals surface area contributed by atoms with Crippen molar-refractivity contribution in [2.75, 3.05) is 39.6 Å². The largest absolute Gasteiger partial charge is 0.472 e. The highest BCUT2D eigenvalue weighted by Gasteiger charge is 2.30. The first kappa shape index (κ1) is 103. The van der Waals surface area contributed by atoms with Crippen molar-refractivity contribution in [2.45, 2.75) is 489 Å². The van der Waals surface area contributed by atoms with Crippen LogP contribution in [0, 0.1) is 0 Å². The molecule has 5 atom stereocenters. The third-order valence-corrected chi connectivity index (χ3v) is 22.3. The van der Waals surface area contributed by atoms with Crippen molar-refractivity contribution < 1.29 is 80.2 Å². The molecule has 0 aromatic carbocycles. The Hall–Kier alpha value is -1.94. The van der Waals surface area contributed by atoms with Gasteiger partial charge in [0, 0.05) is 25.7 Å². The number of rotatable bonds is 87. The van der Waals surface area contributed by atoms with Crippen molar-refractivity contribution in [1.29, 1.82) is 0 Å². The van der Waals surface area contributed by atoms with E-state index >= 15 is 0 Å². The van der Waals surface area contributed by atoms with Gasteiger partial charge in [0.25, 0.3) is 0 Å². The van der Waals surface area contributed by atoms with Gasteiger partial charge in [-0.15, -0.1) is 0 Å². The quantitative estimate of drug-likeness (QED) is 0.0222. The number of hydrogen-bond acceptors (Lipinski definition) is 15. The van der Waals surface area contributed by atoms with Crippen LogP contribution in [-0.2, 0) is 65.4 Å². The third kappa shape index (κ3) is 79.9. The minimum absolute atomic E-state index is 0.109. The molecule has 0 aliphatic carbocycles. The number of aliphatic hydroxyl groups is 1. The molecule has 17 nitrogen and oxygen atoms in total. The highest BCUT2D eigenvalue weighted by atomic mass is 31.2. The molecule has 0 radical (unpaired) electrons. The molecule has 0 aromatic rings. The van der Waals surface area contributed by atoms with Crippen molar-refractivity contribution >= 4 is 39.5 Å². The van der Waals surface area contributed by atoms with Gasteiger partial charge in [-0.05, 0) is 25.7 Å². The number of esters is 4. The predicted octanol–water partition coefficient (Wildman–Crippen LogP) is 26.5. The van der Waals surface area contributed by atoms with Gasteiger partial charge in [-0.2, -0.15) is 0 Å². The SMILES string of the molecule is CCCCCCCCCCCCCCCCCCCCCCCC(=O)O[C@H](COC(=O)CCCCCCCCCCCCCCCCCCCC)COP(=O)(O)OC[C@@H](O)COP(=O)(O)OC[C@@H](COC(=O)CCCCCCCCCCCC)OC(=O)CCCCCCCCCCCCCCCCCC. The van der Waals surface area contributed by atoms with Crippen LogP contribution in [-0.4, -0.2) is 96.7 Å². The van der Waals surface area contributed by atoms with Crippen LogP contribution in [0.25, 0.3) is 0 Å². The van der Waals surface area contributed by atoms with Crippen molar-refractivity contribution in [3.05, 3.63) is 0 Å². The molecule has 0 spiro atoms. The summed E-state index contributed by atoms with van der Waals surface area (Å²) in [4.78, 5) is 73.2. The van der Waals surface area contributed by atoms with E-state index < -0.39 is 97.5 Å². The number of carbonyl (C=O) groups excluding carboxylic acids is 4. The molecule has 0 fully saturated rings. The number of ether oxygens (including phenoxy) is 4. The molecule has 0 aliphatic rings. The molecule has 0 aliphatic heterocycles. The maximum absolute atomic E-state index is 13.1. The van der Waals surface area contributed by atoms with Gasteiger partial charge in [-0.1, -0.05) is 419 Å². The van der Waals surface area contributed by atoms with Crippen LogP contribution in [0.15, 0.2) is 0 Å². The first-order valence-corrected chi connectivity index (χ1v) is 47.8. The van der Waals surface area contributed by atoms with E-state index in [1.165, 1.54) is 302 Å². The minimum Gasteiger partial charge on any atom is -0.462 e. The van der Waals surface area contributed by atoms with Crippen molar-refractivity contribution in [3.8, 4) is 0 Å². The average molecular weight is 1540 g/mol. The van der Waals surface area contributed by atoms with Crippen molar-refractivity contribution in [3.63, 3.8) is 0 Å². The molecular formula is C86H168O17P2. The lowest BCUT2D eigenvalue weighted by Gasteiger charge is -2.21. The summed E-state index contributed by atoms with van der Waals surface area (Å²) in [5.74, 6) is -2.10. The lowest BCUT2D eigenvalue weighted by molar-refractivity contribution is -0.161. The van der Waals surface area contributed by atoms with Crippen LogP contribution >= 0.6 is 15.6 Å². The smallest absolute Gasteiger partial charge is 0.462 e. The second kappa shape index (κ2) is 80.1. The number of unbranched alkanes of at least 4 members (excludes halogenated alkanes) is 61. The van der Waals surface area contributed by atoms with Crippen molar-refractivity contribution in [1.82, 2.24) is 0 Å². The van der Waals surface area contributed by atoms with E-state index in [9.17, 15) is 43.2 Å². The van der Waals surface area contributed by atoms with Gasteiger partial charge in [-0.3, -0.25) is 37.3 Å². The van der Waals surface area contributed by atoms with E-state index in [0.717, 1.165) is 89.9 Å². The highest BCUT2D eigenvalue weighted by Crippen LogP contribution is 2.45. The van der Waals surface area contributed by atoms with E-state index in [0.29, 0.717) is 25.7 Å². The van der Waals surface area contributed by atoms with E-state index in [1.54, 1.807) is 0 Å². The Balaban J connectivity index is 5.22. The fourth-order valence-corrected chi connectivity index (χ4v) is 15.1. The fourth-order valence-electron chi connectivity index (χ4n) is 13.5.